The van der Waals surface area contributed by atoms with E-state index in [2.05, 4.69) is 64.2 Å². The van der Waals surface area contributed by atoms with Gasteiger partial charge in [0.25, 0.3) is 0 Å². The Morgan fingerprint density at radius 2 is 1.68 bits per heavy atom. The van der Waals surface area contributed by atoms with Crippen LogP contribution >= 0.6 is 0 Å². The Morgan fingerprint density at radius 1 is 1.03 bits per heavy atom. The van der Waals surface area contributed by atoms with Crippen LogP contribution in [0.3, 0.4) is 0 Å². The third kappa shape index (κ3) is 7.40. The van der Waals surface area contributed by atoms with Crippen molar-refractivity contribution < 1.29 is 9.53 Å². The van der Waals surface area contributed by atoms with Crippen LogP contribution in [-0.4, -0.2) is 63.2 Å². The highest BCUT2D eigenvalue weighted by molar-refractivity contribution is 5.84. The maximum absolute atomic E-state index is 12.1. The fourth-order valence-corrected chi connectivity index (χ4v) is 3.64. The van der Waals surface area contributed by atoms with Gasteiger partial charge in [0, 0.05) is 39.7 Å². The van der Waals surface area contributed by atoms with Gasteiger partial charge in [-0.1, -0.05) is 60.7 Å². The molecule has 6 nitrogen and oxygen atoms in total. The van der Waals surface area contributed by atoms with Crippen LogP contribution in [0.4, 0.5) is 0 Å². The standard InChI is InChI=1S/C25H34N4O2/c1-29(2)24(30)19-28-25(26-17-22-15-9-10-16-31-22)27-18-23(20-11-5-3-6-12-20)21-13-7-4-8-14-21/h3-8,11-14,22-23H,9-10,15-19H2,1-2H3,(H2,26,27,28). The van der Waals surface area contributed by atoms with Crippen molar-refractivity contribution in [3.8, 4) is 0 Å². The molecule has 1 unspecified atom stereocenters. The molecular formula is C25H34N4O2. The Hall–Kier alpha value is -2.86. The molecule has 1 amide bonds. The van der Waals surface area contributed by atoms with Gasteiger partial charge in [0.2, 0.25) is 5.91 Å². The lowest BCUT2D eigenvalue weighted by atomic mass is 9.91. The van der Waals surface area contributed by atoms with E-state index in [1.807, 2.05) is 12.1 Å². The van der Waals surface area contributed by atoms with E-state index in [1.54, 1.807) is 19.0 Å². The van der Waals surface area contributed by atoms with Crippen LogP contribution in [0.25, 0.3) is 0 Å². The van der Waals surface area contributed by atoms with Gasteiger partial charge in [-0.3, -0.25) is 4.79 Å². The smallest absolute Gasteiger partial charge is 0.243 e. The molecule has 3 rings (SSSR count). The fourth-order valence-electron chi connectivity index (χ4n) is 3.64. The summed E-state index contributed by atoms with van der Waals surface area (Å²) in [6, 6.07) is 20.9. The molecule has 6 heteroatoms. The normalized spacial score (nSPS) is 16.7. The second kappa shape index (κ2) is 12.1. The van der Waals surface area contributed by atoms with Crippen molar-refractivity contribution in [1.82, 2.24) is 15.5 Å². The van der Waals surface area contributed by atoms with Crippen LogP contribution in [0.2, 0.25) is 0 Å². The van der Waals surface area contributed by atoms with E-state index < -0.39 is 0 Å². The summed E-state index contributed by atoms with van der Waals surface area (Å²) in [5.41, 5.74) is 2.47. The second-order valence-electron chi connectivity index (χ2n) is 8.08. The number of aliphatic imine (C=N–C) groups is 1. The molecule has 1 heterocycles. The molecule has 166 valence electrons. The number of nitrogens with zero attached hydrogens (tertiary/aromatic N) is 2. The fraction of sp³-hybridized carbons (Fsp3) is 0.440. The highest BCUT2D eigenvalue weighted by Gasteiger charge is 2.17. The highest BCUT2D eigenvalue weighted by Crippen LogP contribution is 2.23. The first-order chi connectivity index (χ1) is 15.1. The molecule has 0 saturated carbocycles. The predicted octanol–water partition coefficient (Wildman–Crippen LogP) is 3.01. The lowest BCUT2D eigenvalue weighted by Crippen LogP contribution is -2.44. The molecule has 2 N–H and O–H groups in total. The number of hydrogen-bond donors (Lipinski definition) is 2. The van der Waals surface area contributed by atoms with Crippen LogP contribution < -0.4 is 10.6 Å². The number of nitrogens with one attached hydrogen (secondary N) is 2. The Morgan fingerprint density at radius 3 is 2.23 bits per heavy atom. The predicted molar refractivity (Wildman–Crippen MR) is 125 cm³/mol. The molecule has 1 aliphatic heterocycles. The zero-order valence-electron chi connectivity index (χ0n) is 18.6. The maximum atomic E-state index is 12.1. The third-order valence-corrected chi connectivity index (χ3v) is 5.52. The van der Waals surface area contributed by atoms with E-state index in [0.717, 1.165) is 19.4 Å². The Balaban J connectivity index is 1.70. The molecule has 0 spiro atoms. The van der Waals surface area contributed by atoms with E-state index in [1.165, 1.54) is 17.5 Å². The van der Waals surface area contributed by atoms with E-state index >= 15 is 0 Å². The monoisotopic (exact) mass is 422 g/mol. The lowest BCUT2D eigenvalue weighted by molar-refractivity contribution is -0.127. The van der Waals surface area contributed by atoms with Crippen molar-refractivity contribution >= 4 is 11.9 Å². The number of amides is 1. The van der Waals surface area contributed by atoms with Crippen LogP contribution in [0.15, 0.2) is 65.7 Å². The minimum Gasteiger partial charge on any atom is -0.376 e. The van der Waals surface area contributed by atoms with Crippen LogP contribution in [0, 0.1) is 0 Å². The maximum Gasteiger partial charge on any atom is 0.243 e. The zero-order chi connectivity index (χ0) is 21.9. The van der Waals surface area contributed by atoms with Gasteiger partial charge in [0.05, 0.1) is 6.10 Å². The number of hydrogen-bond acceptors (Lipinski definition) is 3. The van der Waals surface area contributed by atoms with Gasteiger partial charge in [-0.2, -0.15) is 0 Å². The van der Waals surface area contributed by atoms with Crippen molar-refractivity contribution in [2.24, 2.45) is 4.99 Å². The zero-order valence-corrected chi connectivity index (χ0v) is 18.6. The van der Waals surface area contributed by atoms with Gasteiger partial charge >= 0.3 is 0 Å². The van der Waals surface area contributed by atoms with E-state index in [4.69, 9.17) is 4.74 Å². The quantitative estimate of drug-likeness (QED) is 0.507. The van der Waals surface area contributed by atoms with Crippen molar-refractivity contribution in [3.63, 3.8) is 0 Å². The molecular weight excluding hydrogens is 388 g/mol. The summed E-state index contributed by atoms with van der Waals surface area (Å²) < 4.78 is 5.84. The highest BCUT2D eigenvalue weighted by atomic mass is 16.5. The van der Waals surface area contributed by atoms with Gasteiger partial charge < -0.3 is 20.3 Å². The minimum atomic E-state index is -0.0299. The summed E-state index contributed by atoms with van der Waals surface area (Å²) in [6.07, 6.45) is 3.55. The second-order valence-corrected chi connectivity index (χ2v) is 8.08. The van der Waals surface area contributed by atoms with Gasteiger partial charge in [0.15, 0.2) is 5.96 Å². The third-order valence-electron chi connectivity index (χ3n) is 5.52. The van der Waals surface area contributed by atoms with E-state index in [0.29, 0.717) is 19.0 Å². The number of benzene rings is 2. The number of carbonyl (C=O) groups is 1. The molecule has 31 heavy (non-hydrogen) atoms. The molecule has 0 bridgehead atoms. The average Bonchev–Trinajstić information content (AvgIpc) is 2.82. The Labute approximate surface area is 185 Å². The molecule has 1 fully saturated rings. The summed E-state index contributed by atoms with van der Waals surface area (Å²) >= 11 is 0. The van der Waals surface area contributed by atoms with Crippen LogP contribution in [0.5, 0.6) is 0 Å². The molecule has 0 radical (unpaired) electrons. The van der Waals surface area contributed by atoms with Crippen molar-refractivity contribution in [2.45, 2.75) is 31.3 Å². The minimum absolute atomic E-state index is 0.0299. The topological polar surface area (TPSA) is 66.0 Å². The van der Waals surface area contributed by atoms with Gasteiger partial charge in [-0.25, -0.2) is 4.99 Å². The summed E-state index contributed by atoms with van der Waals surface area (Å²) in [7, 11) is 3.49. The first kappa shape index (κ1) is 22.8. The van der Waals surface area contributed by atoms with Crippen molar-refractivity contribution in [1.29, 1.82) is 0 Å². The van der Waals surface area contributed by atoms with Crippen molar-refractivity contribution in [2.75, 3.05) is 40.3 Å². The van der Waals surface area contributed by atoms with Crippen LogP contribution in [0.1, 0.15) is 36.3 Å². The molecule has 1 aliphatic rings. The SMILES string of the molecule is CN(C)C(=O)CN=C(NCC1CCCCO1)NCC(c1ccccc1)c1ccccc1. The summed E-state index contributed by atoms with van der Waals surface area (Å²) in [5, 5.41) is 6.85. The number of guanidine groups is 1. The van der Waals surface area contributed by atoms with Gasteiger partial charge in [-0.15, -0.1) is 0 Å². The summed E-state index contributed by atoms with van der Waals surface area (Å²) in [4.78, 5) is 18.2. The number of rotatable bonds is 8. The average molecular weight is 423 g/mol. The molecule has 0 aliphatic carbocycles. The number of likely N-dealkylation sites (N-methyl/N-ethyl adjacent to an activating group) is 1. The molecule has 0 aromatic heterocycles. The lowest BCUT2D eigenvalue weighted by Gasteiger charge is -2.25. The summed E-state index contributed by atoms with van der Waals surface area (Å²) in [6.45, 7) is 2.27. The van der Waals surface area contributed by atoms with Crippen molar-refractivity contribution in [3.05, 3.63) is 71.8 Å². The first-order valence-electron chi connectivity index (χ1n) is 11.1. The number of ether oxygens (including phenoxy) is 1. The Bertz CT molecular complexity index is 778. The Kier molecular flexibility index (Phi) is 8.91. The van der Waals surface area contributed by atoms with E-state index in [9.17, 15) is 4.79 Å². The van der Waals surface area contributed by atoms with Gasteiger partial charge in [-0.05, 0) is 30.4 Å². The molecule has 2 aromatic rings. The van der Waals surface area contributed by atoms with E-state index in [-0.39, 0.29) is 24.5 Å². The number of carbonyl (C=O) groups excluding carboxylic acids is 1. The molecule has 1 atom stereocenters. The largest absolute Gasteiger partial charge is 0.376 e. The first-order valence-corrected chi connectivity index (χ1v) is 11.1. The molecule has 1 saturated heterocycles. The summed E-state index contributed by atoms with van der Waals surface area (Å²) in [5.74, 6) is 0.781. The van der Waals surface area contributed by atoms with Crippen LogP contribution in [-0.2, 0) is 9.53 Å². The van der Waals surface area contributed by atoms with Gasteiger partial charge in [0.1, 0.15) is 6.54 Å². The molecule has 2 aromatic carbocycles.